The maximum absolute atomic E-state index is 11.7. The molecule has 0 radical (unpaired) electrons. The van der Waals surface area contributed by atoms with Gasteiger partial charge in [-0.3, -0.25) is 14.7 Å². The Bertz CT molecular complexity index is 753. The highest BCUT2D eigenvalue weighted by Crippen LogP contribution is 2.37. The zero-order valence-corrected chi connectivity index (χ0v) is 12.4. The number of nitro groups is 1. The molecule has 21 heavy (non-hydrogen) atoms. The molecule has 0 bridgehead atoms. The number of hydrogen-bond acceptors (Lipinski definition) is 5. The Morgan fingerprint density at radius 3 is 2.95 bits per heavy atom. The third-order valence-corrected chi connectivity index (χ3v) is 4.55. The second kappa shape index (κ2) is 5.53. The van der Waals surface area contributed by atoms with Crippen molar-refractivity contribution in [3.8, 4) is 0 Å². The summed E-state index contributed by atoms with van der Waals surface area (Å²) in [4.78, 5) is 22.0. The van der Waals surface area contributed by atoms with Crippen LogP contribution in [-0.4, -0.2) is 19.7 Å². The van der Waals surface area contributed by atoms with E-state index in [0.29, 0.717) is 21.5 Å². The minimum absolute atomic E-state index is 0.00314. The zero-order valence-electron chi connectivity index (χ0n) is 10.8. The largest absolute Gasteiger partial charge is 0.344 e. The molecule has 0 saturated heterocycles. The molecule has 0 unspecified atom stereocenters. The van der Waals surface area contributed by atoms with E-state index >= 15 is 0 Å². The molecule has 2 aromatic rings. The fourth-order valence-corrected chi connectivity index (χ4v) is 3.24. The molecule has 1 aromatic heterocycles. The van der Waals surface area contributed by atoms with Gasteiger partial charge in [-0.05, 0) is 24.5 Å². The van der Waals surface area contributed by atoms with Crippen molar-refractivity contribution in [3.63, 3.8) is 0 Å². The SMILES string of the molecule is O=c1[nH]nc(SCc2cc([N+](=O)[O-])ccc2Cl)n1C1CC1. The molecule has 1 saturated carbocycles. The van der Waals surface area contributed by atoms with E-state index in [1.807, 2.05) is 0 Å². The second-order valence-corrected chi connectivity index (χ2v) is 6.08. The quantitative estimate of drug-likeness (QED) is 0.518. The maximum Gasteiger partial charge on any atom is 0.344 e. The van der Waals surface area contributed by atoms with Crippen LogP contribution in [0.25, 0.3) is 0 Å². The maximum atomic E-state index is 11.7. The van der Waals surface area contributed by atoms with Gasteiger partial charge in [-0.1, -0.05) is 23.4 Å². The third-order valence-electron chi connectivity index (χ3n) is 3.18. The molecule has 1 N–H and O–H groups in total. The van der Waals surface area contributed by atoms with Gasteiger partial charge in [-0.2, -0.15) is 0 Å². The molecule has 1 fully saturated rings. The molecule has 0 spiro atoms. The lowest BCUT2D eigenvalue weighted by Gasteiger charge is -2.05. The summed E-state index contributed by atoms with van der Waals surface area (Å²) in [5.74, 6) is 0.414. The molecule has 1 aliphatic rings. The van der Waals surface area contributed by atoms with Crippen LogP contribution in [0.3, 0.4) is 0 Å². The van der Waals surface area contributed by atoms with Crippen LogP contribution in [-0.2, 0) is 5.75 Å². The number of rotatable bonds is 5. The summed E-state index contributed by atoms with van der Waals surface area (Å²) in [6.45, 7) is 0. The predicted octanol–water partition coefficient (Wildman–Crippen LogP) is 2.76. The zero-order chi connectivity index (χ0) is 15.0. The van der Waals surface area contributed by atoms with Gasteiger partial charge in [-0.25, -0.2) is 9.89 Å². The predicted molar refractivity (Wildman–Crippen MR) is 78.8 cm³/mol. The van der Waals surface area contributed by atoms with Crippen molar-refractivity contribution in [2.24, 2.45) is 0 Å². The third kappa shape index (κ3) is 2.96. The lowest BCUT2D eigenvalue weighted by atomic mass is 10.2. The van der Waals surface area contributed by atoms with Crippen molar-refractivity contribution in [2.45, 2.75) is 29.8 Å². The molecular formula is C12H11ClN4O3S. The molecule has 1 aromatic carbocycles. The van der Waals surface area contributed by atoms with Gasteiger partial charge < -0.3 is 0 Å². The molecular weight excluding hydrogens is 316 g/mol. The molecule has 9 heteroatoms. The Labute approximate surface area is 128 Å². The van der Waals surface area contributed by atoms with E-state index in [9.17, 15) is 14.9 Å². The topological polar surface area (TPSA) is 93.8 Å². The van der Waals surface area contributed by atoms with Crippen molar-refractivity contribution in [3.05, 3.63) is 49.4 Å². The first-order valence-electron chi connectivity index (χ1n) is 6.29. The van der Waals surface area contributed by atoms with Crippen molar-refractivity contribution in [2.75, 3.05) is 0 Å². The lowest BCUT2D eigenvalue weighted by molar-refractivity contribution is -0.384. The van der Waals surface area contributed by atoms with Crippen LogP contribution in [0.1, 0.15) is 24.4 Å². The van der Waals surface area contributed by atoms with Crippen LogP contribution in [0.5, 0.6) is 0 Å². The number of benzene rings is 1. The summed E-state index contributed by atoms with van der Waals surface area (Å²) in [5, 5.41) is 18.3. The Kier molecular flexibility index (Phi) is 3.73. The number of thioether (sulfide) groups is 1. The van der Waals surface area contributed by atoms with E-state index < -0.39 is 4.92 Å². The Morgan fingerprint density at radius 1 is 1.52 bits per heavy atom. The summed E-state index contributed by atoms with van der Waals surface area (Å²) < 4.78 is 1.63. The number of H-pyrrole nitrogens is 1. The van der Waals surface area contributed by atoms with Crippen LogP contribution in [0.2, 0.25) is 5.02 Å². The van der Waals surface area contributed by atoms with Gasteiger partial charge in [0.05, 0.1) is 4.92 Å². The van der Waals surface area contributed by atoms with Crippen molar-refractivity contribution in [1.82, 2.24) is 14.8 Å². The number of non-ortho nitro benzene ring substituents is 1. The number of halogens is 1. The van der Waals surface area contributed by atoms with Crippen molar-refractivity contribution in [1.29, 1.82) is 0 Å². The minimum atomic E-state index is -0.459. The smallest absolute Gasteiger partial charge is 0.267 e. The van der Waals surface area contributed by atoms with Crippen molar-refractivity contribution < 1.29 is 4.92 Å². The molecule has 1 heterocycles. The van der Waals surface area contributed by atoms with Gasteiger partial charge in [-0.15, -0.1) is 5.10 Å². The molecule has 0 amide bonds. The molecule has 7 nitrogen and oxygen atoms in total. The number of nitro benzene ring substituents is 1. The van der Waals surface area contributed by atoms with Crippen LogP contribution in [0, 0.1) is 10.1 Å². The van der Waals surface area contributed by atoms with E-state index in [2.05, 4.69) is 10.2 Å². The summed E-state index contributed by atoms with van der Waals surface area (Å²) in [6.07, 6.45) is 1.95. The Balaban J connectivity index is 1.80. The van der Waals surface area contributed by atoms with Crippen LogP contribution >= 0.6 is 23.4 Å². The fraction of sp³-hybridized carbons (Fsp3) is 0.333. The monoisotopic (exact) mass is 326 g/mol. The molecule has 0 aliphatic heterocycles. The summed E-state index contributed by atoms with van der Waals surface area (Å²) in [5.41, 5.74) is 0.426. The Morgan fingerprint density at radius 2 is 2.29 bits per heavy atom. The van der Waals surface area contributed by atoms with Crippen molar-refractivity contribution >= 4 is 29.1 Å². The normalized spacial score (nSPS) is 14.3. The highest BCUT2D eigenvalue weighted by atomic mass is 35.5. The standard InChI is InChI=1S/C12H11ClN4O3S/c13-10-4-3-9(17(19)20)5-7(10)6-21-12-15-14-11(18)16(12)8-1-2-8/h3-5,8H,1-2,6H2,(H,14,18). The second-order valence-electron chi connectivity index (χ2n) is 4.73. The average molecular weight is 327 g/mol. The first-order chi connectivity index (χ1) is 10.1. The van der Waals surface area contributed by atoms with Gasteiger partial charge >= 0.3 is 5.69 Å². The van der Waals surface area contributed by atoms with E-state index in [0.717, 1.165) is 12.8 Å². The number of hydrogen-bond donors (Lipinski definition) is 1. The Hall–Kier alpha value is -1.80. The van der Waals surface area contributed by atoms with Crippen LogP contribution in [0.15, 0.2) is 28.2 Å². The molecule has 110 valence electrons. The molecule has 0 atom stereocenters. The number of nitrogens with zero attached hydrogens (tertiary/aromatic N) is 3. The van der Waals surface area contributed by atoms with Crippen LogP contribution < -0.4 is 5.69 Å². The number of aromatic nitrogens is 3. The van der Waals surface area contributed by atoms with Gasteiger partial charge in [0.25, 0.3) is 5.69 Å². The van der Waals surface area contributed by atoms with Gasteiger partial charge in [0, 0.05) is 29.0 Å². The van der Waals surface area contributed by atoms with E-state index in [-0.39, 0.29) is 17.4 Å². The molecule has 1 aliphatic carbocycles. The van der Waals surface area contributed by atoms with E-state index in [1.165, 1.54) is 30.0 Å². The summed E-state index contributed by atoms with van der Waals surface area (Å²) in [6, 6.07) is 4.54. The summed E-state index contributed by atoms with van der Waals surface area (Å²) in [7, 11) is 0. The number of nitrogens with one attached hydrogen (secondary N) is 1. The highest BCUT2D eigenvalue weighted by Gasteiger charge is 2.28. The lowest BCUT2D eigenvalue weighted by Crippen LogP contribution is -2.16. The highest BCUT2D eigenvalue weighted by molar-refractivity contribution is 7.98. The van der Waals surface area contributed by atoms with Gasteiger partial charge in [0.2, 0.25) is 0 Å². The summed E-state index contributed by atoms with van der Waals surface area (Å²) >= 11 is 7.39. The van der Waals surface area contributed by atoms with Crippen LogP contribution in [0.4, 0.5) is 5.69 Å². The molecule has 3 rings (SSSR count). The number of aromatic amines is 1. The first kappa shape index (κ1) is 14.2. The minimum Gasteiger partial charge on any atom is -0.267 e. The first-order valence-corrected chi connectivity index (χ1v) is 7.65. The van der Waals surface area contributed by atoms with Gasteiger partial charge in [0.15, 0.2) is 5.16 Å². The fourth-order valence-electron chi connectivity index (χ4n) is 1.97. The van der Waals surface area contributed by atoms with Gasteiger partial charge in [0.1, 0.15) is 0 Å². The van der Waals surface area contributed by atoms with E-state index in [1.54, 1.807) is 4.57 Å². The van der Waals surface area contributed by atoms with E-state index in [4.69, 9.17) is 11.6 Å². The average Bonchev–Trinajstić information content (AvgIpc) is 3.21.